The molecule has 2 aromatic carbocycles. The van der Waals surface area contributed by atoms with Crippen LogP contribution in [0.4, 0.5) is 20.2 Å². The van der Waals surface area contributed by atoms with Gasteiger partial charge < -0.3 is 15.4 Å². The van der Waals surface area contributed by atoms with E-state index in [4.69, 9.17) is 4.74 Å². The molecule has 0 bridgehead atoms. The zero-order valence-electron chi connectivity index (χ0n) is 15.7. The Kier molecular flexibility index (Phi) is 6.16. The molecule has 1 aromatic heterocycles. The van der Waals surface area contributed by atoms with Crippen molar-refractivity contribution in [2.75, 3.05) is 17.7 Å². The third kappa shape index (κ3) is 5.04. The number of hydrogen-bond acceptors (Lipinski definition) is 5. The standard InChI is InChI=1S/C20H16F2N4O4/c1-30-14-5-2-12(3-6-14)24-20(29)17-8-9-19(28)26(25-17)11-18(27)23-13-4-7-15(21)16(22)10-13/h2-10H,11H2,1H3,(H,23,27)(H,24,29). The van der Waals surface area contributed by atoms with E-state index < -0.39 is 35.6 Å². The number of amides is 2. The van der Waals surface area contributed by atoms with Gasteiger partial charge in [-0.05, 0) is 42.5 Å². The fourth-order valence-electron chi connectivity index (χ4n) is 2.46. The molecule has 0 spiro atoms. The molecule has 0 saturated carbocycles. The smallest absolute Gasteiger partial charge is 0.276 e. The van der Waals surface area contributed by atoms with Crippen LogP contribution in [0.25, 0.3) is 0 Å². The Labute approximate surface area is 169 Å². The summed E-state index contributed by atoms with van der Waals surface area (Å²) in [6.07, 6.45) is 0. The van der Waals surface area contributed by atoms with Crippen molar-refractivity contribution in [1.29, 1.82) is 0 Å². The second kappa shape index (κ2) is 8.95. The Balaban J connectivity index is 1.70. The van der Waals surface area contributed by atoms with Crippen LogP contribution in [0.1, 0.15) is 10.5 Å². The minimum absolute atomic E-state index is 0.0142. The molecule has 3 aromatic rings. The molecule has 0 unspecified atom stereocenters. The van der Waals surface area contributed by atoms with Gasteiger partial charge in [-0.25, -0.2) is 13.5 Å². The second-order valence-electron chi connectivity index (χ2n) is 6.07. The summed E-state index contributed by atoms with van der Waals surface area (Å²) in [7, 11) is 1.52. The molecule has 0 aliphatic carbocycles. The van der Waals surface area contributed by atoms with E-state index in [0.29, 0.717) is 11.4 Å². The van der Waals surface area contributed by atoms with Crippen LogP contribution < -0.4 is 20.9 Å². The Hall–Kier alpha value is -4.08. The Morgan fingerprint density at radius 1 is 0.967 bits per heavy atom. The first-order valence-electron chi connectivity index (χ1n) is 8.64. The number of methoxy groups -OCH3 is 1. The molecule has 0 fully saturated rings. The summed E-state index contributed by atoms with van der Waals surface area (Å²) < 4.78 is 32.0. The summed E-state index contributed by atoms with van der Waals surface area (Å²) >= 11 is 0. The molecule has 2 amide bonds. The van der Waals surface area contributed by atoms with Crippen LogP contribution in [0.15, 0.2) is 59.4 Å². The lowest BCUT2D eigenvalue weighted by atomic mass is 10.3. The molecule has 2 N–H and O–H groups in total. The van der Waals surface area contributed by atoms with Crippen LogP contribution in [0, 0.1) is 11.6 Å². The van der Waals surface area contributed by atoms with E-state index in [-0.39, 0.29) is 11.4 Å². The Morgan fingerprint density at radius 2 is 1.67 bits per heavy atom. The topological polar surface area (TPSA) is 102 Å². The maximum absolute atomic E-state index is 13.2. The first-order valence-corrected chi connectivity index (χ1v) is 8.64. The molecule has 0 radical (unpaired) electrons. The molecular formula is C20H16F2N4O4. The quantitative estimate of drug-likeness (QED) is 0.645. The first kappa shape index (κ1) is 20.6. The minimum Gasteiger partial charge on any atom is -0.497 e. The molecule has 0 aliphatic heterocycles. The highest BCUT2D eigenvalue weighted by Gasteiger charge is 2.13. The lowest BCUT2D eigenvalue weighted by Gasteiger charge is -2.09. The van der Waals surface area contributed by atoms with E-state index >= 15 is 0 Å². The number of hydrogen-bond donors (Lipinski definition) is 2. The van der Waals surface area contributed by atoms with E-state index in [0.717, 1.165) is 22.9 Å². The van der Waals surface area contributed by atoms with Gasteiger partial charge in [0.1, 0.15) is 18.0 Å². The average molecular weight is 414 g/mol. The highest BCUT2D eigenvalue weighted by Crippen LogP contribution is 2.15. The summed E-state index contributed by atoms with van der Waals surface area (Å²) in [6.45, 7) is -0.526. The van der Waals surface area contributed by atoms with Crippen molar-refractivity contribution in [3.8, 4) is 5.75 Å². The van der Waals surface area contributed by atoms with Crippen molar-refractivity contribution in [3.63, 3.8) is 0 Å². The Morgan fingerprint density at radius 3 is 2.33 bits per heavy atom. The van der Waals surface area contributed by atoms with Gasteiger partial charge in [-0.15, -0.1) is 0 Å². The van der Waals surface area contributed by atoms with E-state index in [9.17, 15) is 23.2 Å². The van der Waals surface area contributed by atoms with Crippen molar-refractivity contribution in [1.82, 2.24) is 9.78 Å². The van der Waals surface area contributed by atoms with Gasteiger partial charge in [-0.2, -0.15) is 5.10 Å². The number of halogens is 2. The number of nitrogens with one attached hydrogen (secondary N) is 2. The maximum Gasteiger partial charge on any atom is 0.276 e. The zero-order chi connectivity index (χ0) is 21.7. The second-order valence-corrected chi connectivity index (χ2v) is 6.07. The minimum atomic E-state index is -1.12. The molecule has 30 heavy (non-hydrogen) atoms. The summed E-state index contributed by atoms with van der Waals surface area (Å²) in [5.41, 5.74) is -0.209. The van der Waals surface area contributed by atoms with Crippen LogP contribution in [0.5, 0.6) is 5.75 Å². The molecule has 154 valence electrons. The van der Waals surface area contributed by atoms with Gasteiger partial charge in [0.2, 0.25) is 5.91 Å². The SMILES string of the molecule is COc1ccc(NC(=O)c2ccc(=O)n(CC(=O)Nc3ccc(F)c(F)c3)n2)cc1. The van der Waals surface area contributed by atoms with E-state index in [1.807, 2.05) is 0 Å². The van der Waals surface area contributed by atoms with Crippen molar-refractivity contribution < 1.29 is 23.1 Å². The number of anilines is 2. The lowest BCUT2D eigenvalue weighted by Crippen LogP contribution is -2.31. The molecule has 0 aliphatic rings. The summed E-state index contributed by atoms with van der Waals surface area (Å²) in [6, 6.07) is 11.7. The monoisotopic (exact) mass is 414 g/mol. The lowest BCUT2D eigenvalue weighted by molar-refractivity contribution is -0.117. The predicted octanol–water partition coefficient (Wildman–Crippen LogP) is 2.42. The third-order valence-corrected chi connectivity index (χ3v) is 3.94. The maximum atomic E-state index is 13.2. The van der Waals surface area contributed by atoms with Crippen LogP contribution in [-0.2, 0) is 11.3 Å². The van der Waals surface area contributed by atoms with Gasteiger partial charge in [0.25, 0.3) is 11.5 Å². The normalized spacial score (nSPS) is 10.4. The fraction of sp³-hybridized carbons (Fsp3) is 0.100. The summed E-state index contributed by atoms with van der Waals surface area (Å²) in [4.78, 5) is 36.5. The molecule has 1 heterocycles. The predicted molar refractivity (Wildman–Crippen MR) is 104 cm³/mol. The largest absolute Gasteiger partial charge is 0.497 e. The highest BCUT2D eigenvalue weighted by molar-refractivity contribution is 6.02. The third-order valence-electron chi connectivity index (χ3n) is 3.94. The van der Waals surface area contributed by atoms with Crippen molar-refractivity contribution in [3.05, 3.63) is 82.3 Å². The molecule has 0 saturated heterocycles. The van der Waals surface area contributed by atoms with Crippen molar-refractivity contribution in [2.45, 2.75) is 6.54 Å². The Bertz CT molecular complexity index is 1150. The number of carbonyl (C=O) groups excluding carboxylic acids is 2. The van der Waals surface area contributed by atoms with Gasteiger partial charge in [0, 0.05) is 23.5 Å². The first-order chi connectivity index (χ1) is 14.4. The fourth-order valence-corrected chi connectivity index (χ4v) is 2.46. The molecular weight excluding hydrogens is 398 g/mol. The van der Waals surface area contributed by atoms with Crippen molar-refractivity contribution in [2.24, 2.45) is 0 Å². The summed E-state index contributed by atoms with van der Waals surface area (Å²) in [5, 5.41) is 8.83. The molecule has 10 heteroatoms. The van der Waals surface area contributed by atoms with Gasteiger partial charge in [-0.1, -0.05) is 0 Å². The van der Waals surface area contributed by atoms with Gasteiger partial charge in [-0.3, -0.25) is 14.4 Å². The number of rotatable bonds is 6. The number of nitrogens with zero attached hydrogens (tertiary/aromatic N) is 2. The molecule has 8 nitrogen and oxygen atoms in total. The summed E-state index contributed by atoms with van der Waals surface area (Å²) in [5.74, 6) is -2.85. The van der Waals surface area contributed by atoms with Crippen LogP contribution >= 0.6 is 0 Å². The average Bonchev–Trinajstić information content (AvgIpc) is 2.73. The van der Waals surface area contributed by atoms with Crippen LogP contribution in [-0.4, -0.2) is 28.7 Å². The van der Waals surface area contributed by atoms with E-state index in [1.54, 1.807) is 24.3 Å². The van der Waals surface area contributed by atoms with Crippen LogP contribution in [0.3, 0.4) is 0 Å². The highest BCUT2D eigenvalue weighted by atomic mass is 19.2. The van der Waals surface area contributed by atoms with E-state index in [1.165, 1.54) is 19.2 Å². The number of aromatic nitrogens is 2. The van der Waals surface area contributed by atoms with Crippen LogP contribution in [0.2, 0.25) is 0 Å². The van der Waals surface area contributed by atoms with Gasteiger partial charge in [0.15, 0.2) is 11.6 Å². The zero-order valence-corrected chi connectivity index (χ0v) is 15.7. The van der Waals surface area contributed by atoms with Gasteiger partial charge in [0.05, 0.1) is 7.11 Å². The van der Waals surface area contributed by atoms with E-state index in [2.05, 4.69) is 15.7 Å². The van der Waals surface area contributed by atoms with Gasteiger partial charge >= 0.3 is 0 Å². The van der Waals surface area contributed by atoms with Crippen molar-refractivity contribution >= 4 is 23.2 Å². The molecule has 0 atom stereocenters. The number of ether oxygens (including phenoxy) is 1. The number of carbonyl (C=O) groups is 2. The molecule has 3 rings (SSSR count). The number of benzene rings is 2.